The lowest BCUT2D eigenvalue weighted by molar-refractivity contribution is -0.132. The van der Waals surface area contributed by atoms with Crippen molar-refractivity contribution in [2.75, 3.05) is 144 Å². The molecule has 25 heteroatoms. The minimum absolute atomic E-state index is 0.155. The first-order valence-corrected chi connectivity index (χ1v) is 39.9. The number of likely N-dealkylation sites (tertiary alicyclic amines) is 1. The summed E-state index contributed by atoms with van der Waals surface area (Å²) >= 11 is 0. The van der Waals surface area contributed by atoms with Crippen molar-refractivity contribution >= 4 is 65.7 Å². The van der Waals surface area contributed by atoms with Gasteiger partial charge in [0.05, 0.1) is 47.2 Å². The van der Waals surface area contributed by atoms with Crippen LogP contribution < -0.4 is 10.6 Å². The number of aromatic nitrogens is 9. The summed E-state index contributed by atoms with van der Waals surface area (Å²) in [4.78, 5) is 65.8. The van der Waals surface area contributed by atoms with Gasteiger partial charge in [0.2, 0.25) is 11.8 Å². The number of hydrogen-bond donors (Lipinski definition) is 3. The summed E-state index contributed by atoms with van der Waals surface area (Å²) in [6, 6.07) is 11.4. The predicted octanol–water partition coefficient (Wildman–Crippen LogP) is 5.59. The molecule has 0 bridgehead atoms. The van der Waals surface area contributed by atoms with Crippen LogP contribution in [0.1, 0.15) is 114 Å². The molecule has 24 nitrogen and oxygen atoms in total. The zero-order valence-corrected chi connectivity index (χ0v) is 63.0. The molecule has 1 saturated carbocycles. The number of piperazine rings is 2. The van der Waals surface area contributed by atoms with E-state index < -0.39 is 9.84 Å². The SMILES string of the molecule is CN1Cc2c(n(CCN3CCCC(CO)C3)c3ncncc23)CC1=O.Cc1cc2c3c(n(CCN4CCNCC4=O)c2cn1)CCN(C)C3.Cc1ccc2c(n1)c1c(n2CCN2CCNCC2C)CCN(C)C1C.Cc1cnc2c(c1)c1c(n2CCN2CCS(=O)(=O)CC2)CC(C)N(C2CC2)C1. The number of carbonyl (C=O) groups excluding carboxylic acids is 2. The first kappa shape index (κ1) is 72.2. The van der Waals surface area contributed by atoms with E-state index in [1.807, 2.05) is 30.5 Å². The van der Waals surface area contributed by atoms with Gasteiger partial charge in [0.1, 0.15) is 17.6 Å². The number of rotatable bonds is 14. The topological polar surface area (TPSA) is 223 Å². The lowest BCUT2D eigenvalue weighted by atomic mass is 9.99. The van der Waals surface area contributed by atoms with E-state index in [0.717, 1.165) is 196 Å². The lowest BCUT2D eigenvalue weighted by Crippen LogP contribution is -2.50. The number of nitrogens with zero attached hydrogens (tertiary/aromatic N) is 17. The molecule has 550 valence electrons. The Kier molecular flexibility index (Phi) is 22.0. The zero-order chi connectivity index (χ0) is 71.1. The Morgan fingerprint density at radius 2 is 1.34 bits per heavy atom. The van der Waals surface area contributed by atoms with Crippen LogP contribution in [0.25, 0.3) is 44.0 Å². The summed E-state index contributed by atoms with van der Waals surface area (Å²) in [6.07, 6.45) is 16.1. The zero-order valence-electron chi connectivity index (χ0n) is 62.1. The summed E-state index contributed by atoms with van der Waals surface area (Å²) in [7, 11) is 3.44. The van der Waals surface area contributed by atoms with Crippen LogP contribution in [0, 0.1) is 26.7 Å². The molecule has 3 N–H and O–H groups in total. The first-order valence-electron chi connectivity index (χ1n) is 38.1. The number of piperidine rings is 1. The Morgan fingerprint density at radius 3 is 2.13 bits per heavy atom. The number of aliphatic hydroxyl groups is 1. The highest BCUT2D eigenvalue weighted by Crippen LogP contribution is 2.40. The van der Waals surface area contributed by atoms with E-state index >= 15 is 0 Å². The second-order valence-corrected chi connectivity index (χ2v) is 33.3. The van der Waals surface area contributed by atoms with Crippen molar-refractivity contribution in [2.45, 2.75) is 163 Å². The average molecular weight is 1410 g/mol. The molecule has 102 heavy (non-hydrogen) atoms. The van der Waals surface area contributed by atoms with E-state index in [1.165, 1.54) is 85.1 Å². The number of nitrogens with one attached hydrogen (secondary N) is 2. The molecule has 9 aliphatic rings. The number of carbonyl (C=O) groups is 2. The van der Waals surface area contributed by atoms with Crippen LogP contribution in [0.2, 0.25) is 0 Å². The smallest absolute Gasteiger partial charge is 0.236 e. The van der Waals surface area contributed by atoms with Gasteiger partial charge in [-0.1, -0.05) is 0 Å². The fourth-order valence-corrected chi connectivity index (χ4v) is 18.8. The average Bonchev–Trinajstić information content (AvgIpc) is 1.62. The molecule has 4 saturated heterocycles. The van der Waals surface area contributed by atoms with Crippen molar-refractivity contribution in [1.29, 1.82) is 0 Å². The molecule has 4 atom stereocenters. The highest BCUT2D eigenvalue weighted by atomic mass is 32.2. The van der Waals surface area contributed by atoms with Crippen molar-refractivity contribution in [2.24, 2.45) is 5.92 Å². The number of amides is 2. The van der Waals surface area contributed by atoms with Gasteiger partial charge in [0.25, 0.3) is 0 Å². The number of fused-ring (bicyclic) bond motifs is 12. The highest BCUT2D eigenvalue weighted by Gasteiger charge is 2.39. The number of hydrogen-bond acceptors (Lipinski definition) is 18. The normalized spacial score (nSPS) is 23.2. The first-order chi connectivity index (χ1) is 49.3. The fourth-order valence-electron chi connectivity index (χ4n) is 17.5. The third-order valence-electron chi connectivity index (χ3n) is 23.8. The molecule has 0 spiro atoms. The Morgan fingerprint density at radius 1 is 0.618 bits per heavy atom. The highest BCUT2D eigenvalue weighted by molar-refractivity contribution is 7.91. The molecule has 4 unspecified atom stereocenters. The molecule has 16 heterocycles. The third kappa shape index (κ3) is 15.5. The molecule has 1 aliphatic carbocycles. The van der Waals surface area contributed by atoms with Crippen molar-refractivity contribution in [1.82, 2.24) is 93.0 Å². The largest absolute Gasteiger partial charge is 0.396 e. The standard InChI is InChI=1S/C21H30N4O2S.C20H31N5.C18H25N5O2.C18H25N5O/c1-15-11-18-19-14-25(17-3-4-17)16(2)12-20(19)24(21(18)22-13-15)6-5-23-7-9-28(26,27)10-8-23;1-14-5-6-18-20(22-14)19-16(3)23(4)9-7-17(19)25(18)12-11-24-10-8-21-13-15(24)2;1-21-10-15-14-8-19-12-20-18(14)23(16(15)7-17(21)25)6-5-22-4-2-3-13(9-22)11-24;1-13-9-14-15-12-21(2)5-3-16(15)23(17(14)10-20-13)8-7-22-6-4-19-11-18(22)24/h11,13,16-17H,3-10,12,14H2,1-2H3;5-6,15-16,21H,7-13H2,1-4H3;8,12-13,24H,2-7,9-11H2,1H3;9-10,19H,3-8,11-12H2,1-2H3. The van der Waals surface area contributed by atoms with Gasteiger partial charge >= 0.3 is 0 Å². The minimum Gasteiger partial charge on any atom is -0.396 e. The van der Waals surface area contributed by atoms with E-state index in [4.69, 9.17) is 9.97 Å². The predicted molar refractivity (Wildman–Crippen MR) is 402 cm³/mol. The van der Waals surface area contributed by atoms with Crippen LogP contribution in [0.3, 0.4) is 0 Å². The monoisotopic (exact) mass is 1410 g/mol. The van der Waals surface area contributed by atoms with Crippen molar-refractivity contribution in [3.05, 3.63) is 111 Å². The van der Waals surface area contributed by atoms with Crippen molar-refractivity contribution in [3.63, 3.8) is 0 Å². The van der Waals surface area contributed by atoms with Crippen LogP contribution in [0.4, 0.5) is 0 Å². The summed E-state index contributed by atoms with van der Waals surface area (Å²) in [6.45, 7) is 34.6. The van der Waals surface area contributed by atoms with E-state index in [9.17, 15) is 23.1 Å². The maximum atomic E-state index is 12.2. The van der Waals surface area contributed by atoms with E-state index in [1.54, 1.807) is 11.2 Å². The molecular weight excluding hydrogens is 1300 g/mol. The summed E-state index contributed by atoms with van der Waals surface area (Å²) in [5, 5.41) is 19.8. The van der Waals surface area contributed by atoms with Gasteiger partial charge in [-0.25, -0.2) is 23.4 Å². The number of aliphatic hydroxyl groups excluding tert-OH is 1. The van der Waals surface area contributed by atoms with Gasteiger partial charge in [-0.2, -0.15) is 0 Å². The Hall–Kier alpha value is -6.78. The molecule has 0 radical (unpaired) electrons. The van der Waals surface area contributed by atoms with Gasteiger partial charge in [0, 0.05) is 268 Å². The fraction of sp³-hybridized carbons (Fsp3) is 0.623. The summed E-state index contributed by atoms with van der Waals surface area (Å²) < 4.78 is 33.0. The van der Waals surface area contributed by atoms with Crippen LogP contribution in [0.15, 0.2) is 49.2 Å². The number of sulfone groups is 1. The van der Waals surface area contributed by atoms with Gasteiger partial charge < -0.3 is 53.6 Å². The molecule has 8 aromatic heterocycles. The van der Waals surface area contributed by atoms with Crippen molar-refractivity contribution in [3.8, 4) is 0 Å². The van der Waals surface area contributed by atoms with E-state index in [-0.39, 0.29) is 18.4 Å². The second-order valence-electron chi connectivity index (χ2n) is 31.0. The summed E-state index contributed by atoms with van der Waals surface area (Å²) in [5.74, 6) is 1.34. The Bertz CT molecular complexity index is 4450. The number of pyridine rings is 3. The van der Waals surface area contributed by atoms with Crippen LogP contribution in [-0.4, -0.2) is 270 Å². The Labute approximate surface area is 602 Å². The summed E-state index contributed by atoms with van der Waals surface area (Å²) in [5.41, 5.74) is 20.2. The molecular formula is C77H111N19O5S. The number of likely N-dealkylation sites (N-methyl/N-ethyl adjacent to an activating group) is 3. The van der Waals surface area contributed by atoms with Crippen molar-refractivity contribution < 1.29 is 23.1 Å². The van der Waals surface area contributed by atoms with E-state index in [0.29, 0.717) is 68.1 Å². The molecule has 2 amide bonds. The van der Waals surface area contributed by atoms with Gasteiger partial charge in [0.15, 0.2) is 9.84 Å². The quantitative estimate of drug-likeness (QED) is 0.121. The van der Waals surface area contributed by atoms with Crippen LogP contribution in [0.5, 0.6) is 0 Å². The lowest BCUT2D eigenvalue weighted by Gasteiger charge is -2.34. The van der Waals surface area contributed by atoms with Gasteiger partial charge in [-0.05, 0) is 135 Å². The van der Waals surface area contributed by atoms with Crippen LogP contribution in [-0.2, 0) is 90.9 Å². The molecule has 8 aliphatic heterocycles. The third-order valence-corrected chi connectivity index (χ3v) is 25.4. The maximum absolute atomic E-state index is 12.2. The Balaban J connectivity index is 0.000000115. The van der Waals surface area contributed by atoms with Crippen LogP contribution >= 0.6 is 0 Å². The molecule has 8 aromatic rings. The molecule has 0 aromatic carbocycles. The van der Waals surface area contributed by atoms with Gasteiger partial charge in [-0.15, -0.1) is 0 Å². The van der Waals surface area contributed by atoms with Gasteiger partial charge in [-0.3, -0.25) is 39.2 Å². The minimum atomic E-state index is -2.82. The number of aryl methyl sites for hydroxylation is 3. The maximum Gasteiger partial charge on any atom is 0.236 e. The van der Waals surface area contributed by atoms with E-state index in [2.05, 4.69) is 153 Å². The second kappa shape index (κ2) is 31.1. The molecule has 5 fully saturated rings. The molecule has 17 rings (SSSR count).